The predicted octanol–water partition coefficient (Wildman–Crippen LogP) is 3.18. The van der Waals surface area contributed by atoms with E-state index in [1.54, 1.807) is 16.2 Å². The molecule has 4 rings (SSSR count). The molecule has 0 saturated carbocycles. The average Bonchev–Trinajstić information content (AvgIpc) is 3.05. The van der Waals surface area contributed by atoms with Gasteiger partial charge in [-0.05, 0) is 42.2 Å². The molecule has 0 aliphatic rings. The molecule has 22 heavy (non-hydrogen) atoms. The first kappa shape index (κ1) is 13.5. The van der Waals surface area contributed by atoms with E-state index >= 15 is 0 Å². The highest BCUT2D eigenvalue weighted by Crippen LogP contribution is 2.17. The van der Waals surface area contributed by atoms with Gasteiger partial charge in [0.15, 0.2) is 4.96 Å². The monoisotopic (exact) mass is 324 g/mol. The molecule has 0 aliphatic carbocycles. The van der Waals surface area contributed by atoms with Gasteiger partial charge in [-0.15, -0.1) is 11.8 Å². The Hall–Kier alpha value is -2.11. The fourth-order valence-electron chi connectivity index (χ4n) is 2.46. The summed E-state index contributed by atoms with van der Waals surface area (Å²) in [6.45, 7) is 0. The third-order valence-corrected chi connectivity index (χ3v) is 5.27. The fraction of sp³-hybridized carbons (Fsp3) is 0.0588. The molecule has 0 N–H and O–H groups in total. The van der Waals surface area contributed by atoms with E-state index in [4.69, 9.17) is 0 Å². The number of imidazole rings is 1. The molecule has 0 spiro atoms. The van der Waals surface area contributed by atoms with Crippen molar-refractivity contribution in [1.29, 1.82) is 0 Å². The van der Waals surface area contributed by atoms with Crippen LogP contribution in [0.15, 0.2) is 58.2 Å². The van der Waals surface area contributed by atoms with E-state index in [0.29, 0.717) is 4.53 Å². The zero-order chi connectivity index (χ0) is 15.1. The van der Waals surface area contributed by atoms with Gasteiger partial charge in [0.2, 0.25) is 0 Å². The van der Waals surface area contributed by atoms with Gasteiger partial charge in [-0.25, -0.2) is 9.38 Å². The van der Waals surface area contributed by atoms with Crippen LogP contribution in [0.25, 0.3) is 22.1 Å². The quantitative estimate of drug-likeness (QED) is 0.531. The summed E-state index contributed by atoms with van der Waals surface area (Å²) in [5, 5.41) is 0. The molecule has 0 bridgehead atoms. The Morgan fingerprint density at radius 3 is 2.68 bits per heavy atom. The first-order valence-electron chi connectivity index (χ1n) is 6.82. The van der Waals surface area contributed by atoms with Crippen LogP contribution in [0.2, 0.25) is 0 Å². The molecule has 2 aromatic carbocycles. The van der Waals surface area contributed by atoms with E-state index in [2.05, 4.69) is 17.1 Å². The lowest BCUT2D eigenvalue weighted by Gasteiger charge is -1.95. The number of nitrogens with zero attached hydrogens (tertiary/aromatic N) is 2. The summed E-state index contributed by atoms with van der Waals surface area (Å²) in [5.41, 5.74) is 2.77. The third kappa shape index (κ3) is 2.14. The number of rotatable bonds is 2. The van der Waals surface area contributed by atoms with Crippen LogP contribution < -0.4 is 10.1 Å². The topological polar surface area (TPSA) is 34.4 Å². The Balaban J connectivity index is 1.93. The van der Waals surface area contributed by atoms with Gasteiger partial charge in [-0.1, -0.05) is 35.6 Å². The molecule has 0 aliphatic heterocycles. The van der Waals surface area contributed by atoms with Gasteiger partial charge in [-0.3, -0.25) is 4.79 Å². The number of benzene rings is 2. The zero-order valence-electron chi connectivity index (χ0n) is 11.8. The van der Waals surface area contributed by atoms with Crippen LogP contribution in [-0.2, 0) is 0 Å². The normalized spacial score (nSPS) is 12.5. The van der Waals surface area contributed by atoms with Crippen molar-refractivity contribution in [2.75, 3.05) is 6.26 Å². The summed E-state index contributed by atoms with van der Waals surface area (Å²) in [7, 11) is 0. The Morgan fingerprint density at radius 1 is 1.14 bits per heavy atom. The average molecular weight is 324 g/mol. The van der Waals surface area contributed by atoms with E-state index in [9.17, 15) is 4.79 Å². The number of thiazole rings is 1. The second kappa shape index (κ2) is 5.26. The second-order valence-corrected chi connectivity index (χ2v) is 6.80. The number of thioether (sulfide) groups is 1. The highest BCUT2D eigenvalue weighted by molar-refractivity contribution is 7.98. The van der Waals surface area contributed by atoms with Crippen molar-refractivity contribution >= 4 is 45.2 Å². The molecule has 5 heteroatoms. The van der Waals surface area contributed by atoms with Crippen molar-refractivity contribution in [3.05, 3.63) is 69.0 Å². The molecule has 108 valence electrons. The molecule has 2 aromatic heterocycles. The van der Waals surface area contributed by atoms with E-state index in [-0.39, 0.29) is 5.56 Å². The Bertz CT molecular complexity index is 1080. The highest BCUT2D eigenvalue weighted by Gasteiger charge is 2.10. The van der Waals surface area contributed by atoms with E-state index in [1.165, 1.54) is 16.2 Å². The minimum Gasteiger partial charge on any atom is -0.267 e. The van der Waals surface area contributed by atoms with Gasteiger partial charge in [0.05, 0.1) is 15.6 Å². The maximum absolute atomic E-state index is 12.6. The lowest BCUT2D eigenvalue weighted by Crippen LogP contribution is -2.22. The molecule has 0 radical (unpaired) electrons. The van der Waals surface area contributed by atoms with Crippen LogP contribution in [0, 0.1) is 0 Å². The second-order valence-electron chi connectivity index (χ2n) is 4.91. The van der Waals surface area contributed by atoms with Crippen LogP contribution in [0.1, 0.15) is 5.56 Å². The van der Waals surface area contributed by atoms with Crippen LogP contribution >= 0.6 is 23.1 Å². The minimum absolute atomic E-state index is 0.00245. The number of hydrogen-bond donors (Lipinski definition) is 0. The van der Waals surface area contributed by atoms with Gasteiger partial charge in [0.1, 0.15) is 0 Å². The molecule has 0 fully saturated rings. The van der Waals surface area contributed by atoms with E-state index in [1.807, 2.05) is 48.7 Å². The fourth-order valence-corrected chi connectivity index (χ4v) is 3.86. The summed E-state index contributed by atoms with van der Waals surface area (Å²) in [5.74, 6) is 0. The summed E-state index contributed by atoms with van der Waals surface area (Å²) in [6.07, 6.45) is 3.98. The maximum Gasteiger partial charge on any atom is 0.274 e. The molecule has 3 nitrogen and oxygen atoms in total. The maximum atomic E-state index is 12.6. The van der Waals surface area contributed by atoms with Gasteiger partial charge in [0, 0.05) is 4.90 Å². The molecular weight excluding hydrogens is 312 g/mol. The summed E-state index contributed by atoms with van der Waals surface area (Å²) >= 11 is 3.14. The Morgan fingerprint density at radius 2 is 1.91 bits per heavy atom. The summed E-state index contributed by atoms with van der Waals surface area (Å²) < 4.78 is 2.41. The lowest BCUT2D eigenvalue weighted by molar-refractivity contribution is 1.19. The van der Waals surface area contributed by atoms with Crippen molar-refractivity contribution in [3.63, 3.8) is 0 Å². The molecule has 4 aromatic rings. The van der Waals surface area contributed by atoms with E-state index in [0.717, 1.165) is 21.6 Å². The van der Waals surface area contributed by atoms with Crippen LogP contribution in [0.5, 0.6) is 0 Å². The van der Waals surface area contributed by atoms with Gasteiger partial charge < -0.3 is 0 Å². The van der Waals surface area contributed by atoms with Crippen LogP contribution in [0.4, 0.5) is 0 Å². The third-order valence-electron chi connectivity index (χ3n) is 3.56. The first-order chi connectivity index (χ1) is 10.8. The minimum atomic E-state index is 0.00245. The van der Waals surface area contributed by atoms with Crippen molar-refractivity contribution in [2.24, 2.45) is 0 Å². The molecule has 0 unspecified atom stereocenters. The van der Waals surface area contributed by atoms with Crippen molar-refractivity contribution in [2.45, 2.75) is 4.90 Å². The number of hydrogen-bond acceptors (Lipinski definition) is 4. The van der Waals surface area contributed by atoms with Crippen molar-refractivity contribution in [1.82, 2.24) is 9.38 Å². The standard InChI is InChI=1S/C17H12N2OS2/c1-21-12-8-6-11(7-9-12)10-15-16(20)19-14-5-3-2-4-13(14)18-17(19)22-15/h2-10H,1H3/b15-10-. The zero-order valence-corrected chi connectivity index (χ0v) is 13.4. The van der Waals surface area contributed by atoms with Gasteiger partial charge >= 0.3 is 0 Å². The number of para-hydroxylation sites is 2. The molecule has 0 saturated heterocycles. The number of fused-ring (bicyclic) bond motifs is 3. The number of aromatic nitrogens is 2. The highest BCUT2D eigenvalue weighted by atomic mass is 32.2. The van der Waals surface area contributed by atoms with Crippen LogP contribution in [-0.4, -0.2) is 15.6 Å². The van der Waals surface area contributed by atoms with Crippen molar-refractivity contribution < 1.29 is 0 Å². The first-order valence-corrected chi connectivity index (χ1v) is 8.86. The Kier molecular flexibility index (Phi) is 3.24. The largest absolute Gasteiger partial charge is 0.274 e. The molecule has 0 amide bonds. The van der Waals surface area contributed by atoms with Crippen LogP contribution in [0.3, 0.4) is 0 Å². The Labute approximate surface area is 134 Å². The molecule has 2 heterocycles. The molecule has 0 atom stereocenters. The predicted molar refractivity (Wildman–Crippen MR) is 93.9 cm³/mol. The lowest BCUT2D eigenvalue weighted by atomic mass is 10.2. The SMILES string of the molecule is CSc1ccc(/C=c2\sc3nc4ccccc4n3c2=O)cc1. The summed E-state index contributed by atoms with van der Waals surface area (Å²) in [4.78, 5) is 19.1. The van der Waals surface area contributed by atoms with Gasteiger partial charge in [-0.2, -0.15) is 0 Å². The van der Waals surface area contributed by atoms with Gasteiger partial charge in [0.25, 0.3) is 5.56 Å². The van der Waals surface area contributed by atoms with Crippen molar-refractivity contribution in [3.8, 4) is 0 Å². The molecular formula is C17H12N2OS2. The van der Waals surface area contributed by atoms with E-state index < -0.39 is 0 Å². The smallest absolute Gasteiger partial charge is 0.267 e. The summed E-state index contributed by atoms with van der Waals surface area (Å²) in [6, 6.07) is 15.9.